The summed E-state index contributed by atoms with van der Waals surface area (Å²) in [6.45, 7) is 4.33. The lowest BCUT2D eigenvalue weighted by Gasteiger charge is -2.29. The molecule has 0 spiro atoms. The third kappa shape index (κ3) is 2.83. The van der Waals surface area contributed by atoms with Gasteiger partial charge >= 0.3 is 6.03 Å². The first-order valence-electron chi connectivity index (χ1n) is 7.45. The van der Waals surface area contributed by atoms with Gasteiger partial charge in [-0.05, 0) is 38.7 Å². The number of fused-ring (bicyclic) bond motifs is 1. The Balaban J connectivity index is 1.65. The third-order valence-electron chi connectivity index (χ3n) is 4.46. The number of carbonyl (C=O) groups excluding carboxylic acids is 1. The Morgan fingerprint density at radius 2 is 2.24 bits per heavy atom. The number of hydrogen-bond acceptors (Lipinski definition) is 3. The van der Waals surface area contributed by atoms with Crippen molar-refractivity contribution >= 4 is 6.03 Å². The molecule has 1 aliphatic heterocycles. The maximum atomic E-state index is 12.2. The number of nitrogens with one attached hydrogen (secondary N) is 2. The molecule has 2 aliphatic rings. The second kappa shape index (κ2) is 5.22. The minimum absolute atomic E-state index is 0.0397. The quantitative estimate of drug-likeness (QED) is 0.793. The largest absolute Gasteiger partial charge is 0.491 e. The molecule has 0 radical (unpaired) electrons. The zero-order chi connectivity index (χ0) is 15.0. The lowest BCUT2D eigenvalue weighted by atomic mass is 9.97. The highest BCUT2D eigenvalue weighted by molar-refractivity contribution is 5.75. The Hall–Kier alpha value is -1.75. The SMILES string of the molecule is Cc1ccc2c(c1)C(NC(=O)NC(C)(CO)C1CC1)CO2. The molecule has 1 saturated carbocycles. The number of carbonyl (C=O) groups is 1. The molecule has 3 rings (SSSR count). The smallest absolute Gasteiger partial charge is 0.315 e. The van der Waals surface area contributed by atoms with E-state index in [1.165, 1.54) is 0 Å². The molecular weight excluding hydrogens is 268 g/mol. The van der Waals surface area contributed by atoms with Gasteiger partial charge in [-0.25, -0.2) is 4.79 Å². The fourth-order valence-corrected chi connectivity index (χ4v) is 2.90. The number of benzene rings is 1. The van der Waals surface area contributed by atoms with Crippen LogP contribution >= 0.6 is 0 Å². The molecule has 1 aliphatic carbocycles. The summed E-state index contributed by atoms with van der Waals surface area (Å²) in [6, 6.07) is 5.59. The predicted molar refractivity (Wildman–Crippen MR) is 79.3 cm³/mol. The Bertz CT molecular complexity index is 556. The molecule has 2 atom stereocenters. The number of aryl methyl sites for hydroxylation is 1. The van der Waals surface area contributed by atoms with Crippen molar-refractivity contribution in [3.05, 3.63) is 29.3 Å². The summed E-state index contributed by atoms with van der Waals surface area (Å²) in [5, 5.41) is 15.4. The summed E-state index contributed by atoms with van der Waals surface area (Å²) >= 11 is 0. The van der Waals surface area contributed by atoms with Gasteiger partial charge in [0.1, 0.15) is 12.4 Å². The number of amides is 2. The number of urea groups is 1. The number of hydrogen-bond donors (Lipinski definition) is 3. The van der Waals surface area contributed by atoms with Gasteiger partial charge in [0.05, 0.1) is 18.2 Å². The summed E-state index contributed by atoms with van der Waals surface area (Å²) in [5.74, 6) is 1.21. The van der Waals surface area contributed by atoms with Gasteiger partial charge in [-0.3, -0.25) is 0 Å². The van der Waals surface area contributed by atoms with E-state index in [-0.39, 0.29) is 18.7 Å². The van der Waals surface area contributed by atoms with Gasteiger partial charge in [0.15, 0.2) is 0 Å². The minimum atomic E-state index is -0.529. The number of rotatable bonds is 4. The van der Waals surface area contributed by atoms with Crippen molar-refractivity contribution in [2.75, 3.05) is 13.2 Å². The molecular formula is C16H22N2O3. The molecule has 2 unspecified atom stereocenters. The van der Waals surface area contributed by atoms with Crippen LogP contribution in [-0.2, 0) is 0 Å². The van der Waals surface area contributed by atoms with E-state index in [2.05, 4.69) is 10.6 Å². The molecule has 1 heterocycles. The third-order valence-corrected chi connectivity index (χ3v) is 4.46. The van der Waals surface area contributed by atoms with Crippen molar-refractivity contribution < 1.29 is 14.6 Å². The van der Waals surface area contributed by atoms with E-state index in [0.29, 0.717) is 12.5 Å². The minimum Gasteiger partial charge on any atom is -0.491 e. The summed E-state index contributed by atoms with van der Waals surface area (Å²) < 4.78 is 5.59. The predicted octanol–water partition coefficient (Wildman–Crippen LogP) is 1.89. The van der Waals surface area contributed by atoms with E-state index in [0.717, 1.165) is 29.7 Å². The van der Waals surface area contributed by atoms with E-state index >= 15 is 0 Å². The second-order valence-corrected chi connectivity index (χ2v) is 6.35. The Morgan fingerprint density at radius 1 is 1.48 bits per heavy atom. The average molecular weight is 290 g/mol. The second-order valence-electron chi connectivity index (χ2n) is 6.35. The molecule has 2 amide bonds. The number of aliphatic hydroxyl groups excluding tert-OH is 1. The first-order chi connectivity index (χ1) is 10.0. The van der Waals surface area contributed by atoms with Crippen molar-refractivity contribution in [1.29, 1.82) is 0 Å². The van der Waals surface area contributed by atoms with Gasteiger partial charge in [-0.15, -0.1) is 0 Å². The van der Waals surface area contributed by atoms with Crippen LogP contribution < -0.4 is 15.4 Å². The summed E-state index contributed by atoms with van der Waals surface area (Å²) in [6.07, 6.45) is 2.12. The Labute approximate surface area is 124 Å². The van der Waals surface area contributed by atoms with Crippen molar-refractivity contribution in [2.45, 2.75) is 38.3 Å². The molecule has 5 heteroatoms. The van der Waals surface area contributed by atoms with Gasteiger partial charge in [-0.1, -0.05) is 17.7 Å². The van der Waals surface area contributed by atoms with Crippen LogP contribution in [0.15, 0.2) is 18.2 Å². The molecule has 1 aromatic rings. The zero-order valence-electron chi connectivity index (χ0n) is 12.5. The molecule has 0 aromatic heterocycles. The van der Waals surface area contributed by atoms with Crippen LogP contribution in [0.4, 0.5) is 4.79 Å². The fraction of sp³-hybridized carbons (Fsp3) is 0.562. The van der Waals surface area contributed by atoms with Crippen molar-refractivity contribution in [3.8, 4) is 5.75 Å². The van der Waals surface area contributed by atoms with E-state index in [1.807, 2.05) is 32.0 Å². The van der Waals surface area contributed by atoms with Gasteiger partial charge in [0.2, 0.25) is 0 Å². The van der Waals surface area contributed by atoms with E-state index in [4.69, 9.17) is 4.74 Å². The van der Waals surface area contributed by atoms with E-state index < -0.39 is 5.54 Å². The van der Waals surface area contributed by atoms with Crippen LogP contribution in [0.5, 0.6) is 5.75 Å². The molecule has 1 fully saturated rings. The van der Waals surface area contributed by atoms with Gasteiger partial charge in [0.25, 0.3) is 0 Å². The summed E-state index contributed by atoms with van der Waals surface area (Å²) in [7, 11) is 0. The molecule has 3 N–H and O–H groups in total. The summed E-state index contributed by atoms with van der Waals surface area (Å²) in [4.78, 5) is 12.2. The maximum Gasteiger partial charge on any atom is 0.315 e. The van der Waals surface area contributed by atoms with Gasteiger partial charge < -0.3 is 20.5 Å². The zero-order valence-corrected chi connectivity index (χ0v) is 12.5. The van der Waals surface area contributed by atoms with Crippen LogP contribution in [0.25, 0.3) is 0 Å². The number of ether oxygens (including phenoxy) is 1. The van der Waals surface area contributed by atoms with E-state index in [9.17, 15) is 9.90 Å². The topological polar surface area (TPSA) is 70.6 Å². The van der Waals surface area contributed by atoms with E-state index in [1.54, 1.807) is 0 Å². The highest BCUT2D eigenvalue weighted by atomic mass is 16.5. The standard InChI is InChI=1S/C16H22N2O3/c1-10-3-6-14-12(7-10)13(8-21-14)17-15(20)18-16(2,9-19)11-4-5-11/h3,6-7,11,13,19H,4-5,8-9H2,1-2H3,(H2,17,18,20). The molecule has 114 valence electrons. The monoisotopic (exact) mass is 290 g/mol. The molecule has 21 heavy (non-hydrogen) atoms. The maximum absolute atomic E-state index is 12.2. The van der Waals surface area contributed by atoms with Gasteiger partial charge in [-0.2, -0.15) is 0 Å². The fourth-order valence-electron chi connectivity index (χ4n) is 2.90. The van der Waals surface area contributed by atoms with Crippen LogP contribution in [0, 0.1) is 12.8 Å². The van der Waals surface area contributed by atoms with Crippen LogP contribution in [-0.4, -0.2) is 29.9 Å². The summed E-state index contributed by atoms with van der Waals surface area (Å²) in [5.41, 5.74) is 1.63. The normalized spacial score (nSPS) is 22.9. The molecule has 0 saturated heterocycles. The lowest BCUT2D eigenvalue weighted by molar-refractivity contribution is 0.153. The first kappa shape index (κ1) is 14.2. The highest BCUT2D eigenvalue weighted by Crippen LogP contribution is 2.39. The average Bonchev–Trinajstić information content (AvgIpc) is 3.24. The molecule has 0 bridgehead atoms. The van der Waals surface area contributed by atoms with Crippen molar-refractivity contribution in [3.63, 3.8) is 0 Å². The van der Waals surface area contributed by atoms with Crippen molar-refractivity contribution in [2.24, 2.45) is 5.92 Å². The van der Waals surface area contributed by atoms with Crippen LogP contribution in [0.2, 0.25) is 0 Å². The Morgan fingerprint density at radius 3 is 2.90 bits per heavy atom. The van der Waals surface area contributed by atoms with Gasteiger partial charge in [0, 0.05) is 5.56 Å². The first-order valence-corrected chi connectivity index (χ1v) is 7.45. The lowest BCUT2D eigenvalue weighted by Crippen LogP contribution is -2.54. The van der Waals surface area contributed by atoms with Crippen molar-refractivity contribution in [1.82, 2.24) is 10.6 Å². The molecule has 1 aromatic carbocycles. The highest BCUT2D eigenvalue weighted by Gasteiger charge is 2.42. The molecule has 5 nitrogen and oxygen atoms in total. The number of aliphatic hydroxyl groups is 1. The Kier molecular flexibility index (Phi) is 3.53. The van der Waals surface area contributed by atoms with Crippen LogP contribution in [0.3, 0.4) is 0 Å². The van der Waals surface area contributed by atoms with Crippen LogP contribution in [0.1, 0.15) is 36.9 Å².